The van der Waals surface area contributed by atoms with Crippen LogP contribution in [0.4, 0.5) is 5.82 Å². The monoisotopic (exact) mass is 316 g/mol. The number of rotatable bonds is 3. The van der Waals surface area contributed by atoms with Crippen LogP contribution >= 0.6 is 0 Å². The van der Waals surface area contributed by atoms with E-state index in [1.54, 1.807) is 0 Å². The quantitative estimate of drug-likeness (QED) is 0.857. The standard InChI is InChI=1S/C18H28N4O/c1-20-13-9-15(10-14-20)21(2)18(23)16-7-6-8-17(19-16)22-11-4-3-5-12-22/h6-8,15H,3-5,9-14H2,1-2H3. The summed E-state index contributed by atoms with van der Waals surface area (Å²) in [5, 5.41) is 0. The molecule has 1 amide bonds. The van der Waals surface area contributed by atoms with Gasteiger partial charge in [0.1, 0.15) is 11.5 Å². The summed E-state index contributed by atoms with van der Waals surface area (Å²) in [5.74, 6) is 1.01. The Balaban J connectivity index is 1.69. The Morgan fingerprint density at radius 1 is 1.13 bits per heavy atom. The third-order valence-electron chi connectivity index (χ3n) is 5.19. The third kappa shape index (κ3) is 3.83. The third-order valence-corrected chi connectivity index (χ3v) is 5.19. The summed E-state index contributed by atoms with van der Waals surface area (Å²) in [6.07, 6.45) is 5.83. The average Bonchev–Trinajstić information content (AvgIpc) is 2.62. The van der Waals surface area contributed by atoms with E-state index in [2.05, 4.69) is 21.8 Å². The molecule has 5 nitrogen and oxygen atoms in total. The Bertz CT molecular complexity index is 534. The van der Waals surface area contributed by atoms with Gasteiger partial charge in [-0.2, -0.15) is 0 Å². The molecule has 0 aromatic carbocycles. The van der Waals surface area contributed by atoms with Gasteiger partial charge in [-0.1, -0.05) is 6.07 Å². The minimum Gasteiger partial charge on any atom is -0.357 e. The van der Waals surface area contributed by atoms with Gasteiger partial charge >= 0.3 is 0 Å². The molecule has 2 fully saturated rings. The van der Waals surface area contributed by atoms with Gasteiger partial charge in [0.15, 0.2) is 0 Å². The predicted molar refractivity (Wildman–Crippen MR) is 92.9 cm³/mol. The van der Waals surface area contributed by atoms with E-state index in [-0.39, 0.29) is 5.91 Å². The average molecular weight is 316 g/mol. The summed E-state index contributed by atoms with van der Waals surface area (Å²) in [6, 6.07) is 6.17. The summed E-state index contributed by atoms with van der Waals surface area (Å²) in [5.41, 5.74) is 0.578. The number of anilines is 1. The van der Waals surface area contributed by atoms with Crippen LogP contribution in [0, 0.1) is 0 Å². The van der Waals surface area contributed by atoms with Gasteiger partial charge in [0.25, 0.3) is 5.91 Å². The van der Waals surface area contributed by atoms with Crippen LogP contribution in [-0.4, -0.2) is 67.0 Å². The predicted octanol–water partition coefficient (Wildman–Crippen LogP) is 2.24. The van der Waals surface area contributed by atoms with Gasteiger partial charge in [-0.25, -0.2) is 4.98 Å². The van der Waals surface area contributed by atoms with Crippen molar-refractivity contribution in [3.8, 4) is 0 Å². The fourth-order valence-corrected chi connectivity index (χ4v) is 3.57. The van der Waals surface area contributed by atoms with Crippen LogP contribution in [0.1, 0.15) is 42.6 Å². The molecule has 2 aliphatic rings. The van der Waals surface area contributed by atoms with Crippen molar-refractivity contribution in [1.29, 1.82) is 0 Å². The van der Waals surface area contributed by atoms with Crippen molar-refractivity contribution < 1.29 is 4.79 Å². The van der Waals surface area contributed by atoms with Crippen LogP contribution in [0.5, 0.6) is 0 Å². The molecule has 0 atom stereocenters. The summed E-state index contributed by atoms with van der Waals surface area (Å²) in [6.45, 7) is 4.22. The molecule has 0 saturated carbocycles. The smallest absolute Gasteiger partial charge is 0.272 e. The molecule has 0 unspecified atom stereocenters. The highest BCUT2D eigenvalue weighted by Crippen LogP contribution is 2.20. The van der Waals surface area contributed by atoms with Crippen molar-refractivity contribution in [2.24, 2.45) is 0 Å². The van der Waals surface area contributed by atoms with Crippen molar-refractivity contribution in [1.82, 2.24) is 14.8 Å². The number of hydrogen-bond acceptors (Lipinski definition) is 4. The molecule has 0 N–H and O–H groups in total. The number of nitrogens with zero attached hydrogens (tertiary/aromatic N) is 4. The van der Waals surface area contributed by atoms with E-state index >= 15 is 0 Å². The molecule has 0 bridgehead atoms. The first-order valence-corrected chi connectivity index (χ1v) is 8.83. The first-order chi connectivity index (χ1) is 11.1. The Labute approximate surface area is 139 Å². The van der Waals surface area contributed by atoms with Crippen LogP contribution in [0.3, 0.4) is 0 Å². The summed E-state index contributed by atoms with van der Waals surface area (Å²) in [4.78, 5) is 24.0. The lowest BCUT2D eigenvalue weighted by Crippen LogP contribution is -2.44. The SMILES string of the molecule is CN1CCC(N(C)C(=O)c2cccc(N3CCCCC3)n2)CC1. The minimum absolute atomic E-state index is 0.0541. The Morgan fingerprint density at radius 2 is 1.83 bits per heavy atom. The Hall–Kier alpha value is -1.62. The molecule has 2 saturated heterocycles. The van der Waals surface area contributed by atoms with E-state index in [0.717, 1.165) is 44.8 Å². The Kier molecular flexibility index (Phi) is 5.16. The topological polar surface area (TPSA) is 39.7 Å². The zero-order valence-electron chi connectivity index (χ0n) is 14.4. The number of amides is 1. The highest BCUT2D eigenvalue weighted by molar-refractivity contribution is 5.92. The van der Waals surface area contributed by atoms with E-state index in [0.29, 0.717) is 11.7 Å². The van der Waals surface area contributed by atoms with E-state index in [1.807, 2.05) is 30.1 Å². The van der Waals surface area contributed by atoms with Crippen LogP contribution in [0.2, 0.25) is 0 Å². The molecule has 5 heteroatoms. The molecule has 23 heavy (non-hydrogen) atoms. The largest absolute Gasteiger partial charge is 0.357 e. The molecule has 0 radical (unpaired) electrons. The van der Waals surface area contributed by atoms with Crippen molar-refractivity contribution in [2.75, 3.05) is 45.2 Å². The zero-order valence-corrected chi connectivity index (χ0v) is 14.4. The summed E-state index contributed by atoms with van der Waals surface area (Å²) in [7, 11) is 4.06. The fraction of sp³-hybridized carbons (Fsp3) is 0.667. The summed E-state index contributed by atoms with van der Waals surface area (Å²) < 4.78 is 0. The van der Waals surface area contributed by atoms with Crippen LogP contribution < -0.4 is 4.90 Å². The number of carbonyl (C=O) groups is 1. The number of pyridine rings is 1. The number of piperidine rings is 2. The molecule has 126 valence electrons. The lowest BCUT2D eigenvalue weighted by molar-refractivity contribution is 0.0654. The van der Waals surface area contributed by atoms with Gasteiger partial charge in [0.2, 0.25) is 0 Å². The number of aromatic nitrogens is 1. The number of likely N-dealkylation sites (tertiary alicyclic amines) is 1. The van der Waals surface area contributed by atoms with E-state index in [4.69, 9.17) is 0 Å². The highest BCUT2D eigenvalue weighted by Gasteiger charge is 2.25. The van der Waals surface area contributed by atoms with E-state index < -0.39 is 0 Å². The van der Waals surface area contributed by atoms with Gasteiger partial charge in [-0.15, -0.1) is 0 Å². The molecule has 0 aliphatic carbocycles. The lowest BCUT2D eigenvalue weighted by Gasteiger charge is -2.35. The van der Waals surface area contributed by atoms with Crippen molar-refractivity contribution >= 4 is 11.7 Å². The van der Waals surface area contributed by atoms with Crippen molar-refractivity contribution in [3.63, 3.8) is 0 Å². The molecular formula is C18H28N4O. The normalized spacial score (nSPS) is 20.5. The maximum Gasteiger partial charge on any atom is 0.272 e. The van der Waals surface area contributed by atoms with Gasteiger partial charge < -0.3 is 14.7 Å². The van der Waals surface area contributed by atoms with Gasteiger partial charge in [-0.3, -0.25) is 4.79 Å². The second kappa shape index (κ2) is 7.30. The first-order valence-electron chi connectivity index (χ1n) is 8.83. The van der Waals surface area contributed by atoms with Crippen LogP contribution in [0.25, 0.3) is 0 Å². The first kappa shape index (κ1) is 16.2. The second-order valence-corrected chi connectivity index (χ2v) is 6.88. The highest BCUT2D eigenvalue weighted by atomic mass is 16.2. The summed E-state index contributed by atoms with van der Waals surface area (Å²) >= 11 is 0. The molecular weight excluding hydrogens is 288 g/mol. The molecule has 2 aliphatic heterocycles. The van der Waals surface area contributed by atoms with Crippen LogP contribution in [0.15, 0.2) is 18.2 Å². The Morgan fingerprint density at radius 3 is 2.52 bits per heavy atom. The van der Waals surface area contributed by atoms with Crippen molar-refractivity contribution in [3.05, 3.63) is 23.9 Å². The van der Waals surface area contributed by atoms with E-state index in [9.17, 15) is 4.79 Å². The van der Waals surface area contributed by atoms with Gasteiger partial charge in [-0.05, 0) is 64.4 Å². The second-order valence-electron chi connectivity index (χ2n) is 6.88. The fourth-order valence-electron chi connectivity index (χ4n) is 3.57. The molecule has 3 rings (SSSR count). The molecule has 3 heterocycles. The zero-order chi connectivity index (χ0) is 16.2. The minimum atomic E-state index is 0.0541. The van der Waals surface area contributed by atoms with E-state index in [1.165, 1.54) is 19.3 Å². The number of hydrogen-bond donors (Lipinski definition) is 0. The maximum absolute atomic E-state index is 12.8. The van der Waals surface area contributed by atoms with Crippen molar-refractivity contribution in [2.45, 2.75) is 38.1 Å². The molecule has 1 aromatic rings. The van der Waals surface area contributed by atoms with Crippen LogP contribution in [-0.2, 0) is 0 Å². The molecule has 0 spiro atoms. The molecule has 1 aromatic heterocycles. The van der Waals surface area contributed by atoms with Gasteiger partial charge in [0, 0.05) is 26.2 Å². The van der Waals surface area contributed by atoms with Gasteiger partial charge in [0.05, 0.1) is 0 Å². The maximum atomic E-state index is 12.8. The number of carbonyl (C=O) groups excluding carboxylic acids is 1. The lowest BCUT2D eigenvalue weighted by atomic mass is 10.0.